The Balaban J connectivity index is 2.18. The van der Waals surface area contributed by atoms with E-state index in [1.807, 2.05) is 0 Å². The average Bonchev–Trinajstić information content (AvgIpc) is 2.65. The maximum atomic E-state index is 12.3. The third kappa shape index (κ3) is 3.06. The number of benzene rings is 1. The third-order valence-electron chi connectivity index (χ3n) is 2.39. The molecule has 1 aromatic carbocycles. The first kappa shape index (κ1) is 13.9. The van der Waals surface area contributed by atoms with E-state index in [-0.39, 0.29) is 17.9 Å². The number of nitrogens with zero attached hydrogens (tertiary/aromatic N) is 1. The fourth-order valence-electron chi connectivity index (χ4n) is 1.50. The highest BCUT2D eigenvalue weighted by Crippen LogP contribution is 2.29. The van der Waals surface area contributed by atoms with Gasteiger partial charge in [0, 0.05) is 6.42 Å². The minimum atomic E-state index is -4.70. The predicted molar refractivity (Wildman–Crippen MR) is 62.9 cm³/mol. The number of aromatic hydroxyl groups is 1. The van der Waals surface area contributed by atoms with Crippen LogP contribution in [0.1, 0.15) is 5.56 Å². The van der Waals surface area contributed by atoms with Gasteiger partial charge in [0.1, 0.15) is 11.5 Å². The Labute approximate surface area is 114 Å². The van der Waals surface area contributed by atoms with Crippen molar-refractivity contribution in [2.45, 2.75) is 18.8 Å². The quantitative estimate of drug-likeness (QED) is 0.844. The van der Waals surface area contributed by atoms with Gasteiger partial charge in [-0.05, 0) is 33.6 Å². The van der Waals surface area contributed by atoms with Crippen molar-refractivity contribution < 1.29 is 27.8 Å². The number of halogens is 4. The number of cyclic esters (lactones) is 1. The van der Waals surface area contributed by atoms with Gasteiger partial charge in [0.25, 0.3) is 6.23 Å². The second-order valence-electron chi connectivity index (χ2n) is 3.84. The topological polar surface area (TPSA) is 58.9 Å². The standard InChI is InChI=1S/C11H7BrF3NO3/c12-6-3-5(1-2-8(6)17)4-7-9(18)19-10(16-7)11(13,14)15/h1-3,10,17H,4H2. The summed E-state index contributed by atoms with van der Waals surface area (Å²) in [7, 11) is 0. The van der Waals surface area contributed by atoms with Crippen molar-refractivity contribution in [1.29, 1.82) is 0 Å². The molecule has 0 bridgehead atoms. The summed E-state index contributed by atoms with van der Waals surface area (Å²) in [5.41, 5.74) is 0.239. The number of aliphatic imine (C=N–C) groups is 1. The number of phenolic OH excluding ortho intramolecular Hbond substituents is 1. The molecular formula is C11H7BrF3NO3. The van der Waals surface area contributed by atoms with E-state index in [1.54, 1.807) is 0 Å². The molecule has 2 rings (SSSR count). The average molecular weight is 338 g/mol. The monoisotopic (exact) mass is 337 g/mol. The summed E-state index contributed by atoms with van der Waals surface area (Å²) in [4.78, 5) is 14.5. The largest absolute Gasteiger partial charge is 0.507 e. The molecule has 1 aromatic rings. The molecule has 1 N–H and O–H groups in total. The molecule has 1 aliphatic heterocycles. The van der Waals surface area contributed by atoms with Crippen molar-refractivity contribution in [2.24, 2.45) is 4.99 Å². The number of ether oxygens (including phenoxy) is 1. The van der Waals surface area contributed by atoms with Crippen LogP contribution in [0.2, 0.25) is 0 Å². The molecule has 0 saturated carbocycles. The maximum absolute atomic E-state index is 12.3. The van der Waals surface area contributed by atoms with E-state index in [2.05, 4.69) is 25.7 Å². The number of alkyl halides is 3. The zero-order valence-electron chi connectivity index (χ0n) is 9.24. The molecule has 0 aromatic heterocycles. The van der Waals surface area contributed by atoms with E-state index in [4.69, 9.17) is 0 Å². The fourth-order valence-corrected chi connectivity index (χ4v) is 1.93. The first-order valence-electron chi connectivity index (χ1n) is 5.09. The van der Waals surface area contributed by atoms with Gasteiger partial charge < -0.3 is 9.84 Å². The van der Waals surface area contributed by atoms with Crippen LogP contribution < -0.4 is 0 Å². The number of esters is 1. The molecule has 4 nitrogen and oxygen atoms in total. The van der Waals surface area contributed by atoms with Gasteiger partial charge in [-0.1, -0.05) is 6.07 Å². The van der Waals surface area contributed by atoms with E-state index in [1.165, 1.54) is 18.2 Å². The van der Waals surface area contributed by atoms with Gasteiger partial charge in [-0.15, -0.1) is 0 Å². The minimum Gasteiger partial charge on any atom is -0.507 e. The van der Waals surface area contributed by atoms with Crippen LogP contribution in [0.4, 0.5) is 13.2 Å². The summed E-state index contributed by atoms with van der Waals surface area (Å²) in [6, 6.07) is 4.34. The molecule has 102 valence electrons. The van der Waals surface area contributed by atoms with Crippen LogP contribution in [0.5, 0.6) is 5.75 Å². The van der Waals surface area contributed by atoms with Crippen molar-refractivity contribution in [2.75, 3.05) is 0 Å². The maximum Gasteiger partial charge on any atom is 0.447 e. The fraction of sp³-hybridized carbons (Fsp3) is 0.273. The van der Waals surface area contributed by atoms with Crippen LogP contribution in [0.25, 0.3) is 0 Å². The second kappa shape index (κ2) is 4.84. The van der Waals surface area contributed by atoms with Gasteiger partial charge in [0.05, 0.1) is 4.47 Å². The van der Waals surface area contributed by atoms with Gasteiger partial charge in [-0.25, -0.2) is 9.79 Å². The Morgan fingerprint density at radius 2 is 2.11 bits per heavy atom. The van der Waals surface area contributed by atoms with Crippen LogP contribution in [0, 0.1) is 0 Å². The van der Waals surface area contributed by atoms with Gasteiger partial charge >= 0.3 is 12.1 Å². The highest BCUT2D eigenvalue weighted by molar-refractivity contribution is 9.10. The first-order valence-corrected chi connectivity index (χ1v) is 5.88. The summed E-state index contributed by atoms with van der Waals surface area (Å²) in [5.74, 6) is -1.08. The van der Waals surface area contributed by atoms with Crippen LogP contribution in [0.3, 0.4) is 0 Å². The Hall–Kier alpha value is -1.57. The lowest BCUT2D eigenvalue weighted by Crippen LogP contribution is -2.27. The van der Waals surface area contributed by atoms with Crippen molar-refractivity contribution in [3.63, 3.8) is 0 Å². The normalized spacial score (nSPS) is 19.3. The van der Waals surface area contributed by atoms with Crippen molar-refractivity contribution >= 4 is 27.6 Å². The zero-order valence-corrected chi connectivity index (χ0v) is 10.8. The Kier molecular flexibility index (Phi) is 3.53. The van der Waals surface area contributed by atoms with Gasteiger partial charge in [-0.3, -0.25) is 0 Å². The Morgan fingerprint density at radius 3 is 2.63 bits per heavy atom. The molecule has 19 heavy (non-hydrogen) atoms. The lowest BCUT2D eigenvalue weighted by molar-refractivity contribution is -0.210. The summed E-state index contributed by atoms with van der Waals surface area (Å²) in [6.45, 7) is 0. The van der Waals surface area contributed by atoms with E-state index < -0.39 is 18.4 Å². The number of carbonyl (C=O) groups is 1. The lowest BCUT2D eigenvalue weighted by Gasteiger charge is -2.09. The molecule has 0 saturated heterocycles. The molecule has 1 heterocycles. The zero-order chi connectivity index (χ0) is 14.2. The first-order chi connectivity index (χ1) is 8.77. The van der Waals surface area contributed by atoms with Crippen LogP contribution in [-0.2, 0) is 16.0 Å². The second-order valence-corrected chi connectivity index (χ2v) is 4.69. The molecule has 0 radical (unpaired) electrons. The summed E-state index contributed by atoms with van der Waals surface area (Å²) >= 11 is 3.07. The van der Waals surface area contributed by atoms with E-state index >= 15 is 0 Å². The molecule has 1 aliphatic rings. The van der Waals surface area contributed by atoms with Gasteiger partial charge in [0.15, 0.2) is 0 Å². The third-order valence-corrected chi connectivity index (χ3v) is 3.03. The van der Waals surface area contributed by atoms with Gasteiger partial charge in [-0.2, -0.15) is 13.2 Å². The molecule has 1 atom stereocenters. The molecule has 0 aliphatic carbocycles. The smallest absolute Gasteiger partial charge is 0.447 e. The molecule has 0 amide bonds. The number of carbonyl (C=O) groups excluding carboxylic acids is 1. The predicted octanol–water partition coefficient (Wildman–Crippen LogP) is 2.58. The lowest BCUT2D eigenvalue weighted by atomic mass is 10.1. The summed E-state index contributed by atoms with van der Waals surface area (Å²) in [5, 5.41) is 9.29. The van der Waals surface area contributed by atoms with Crippen molar-refractivity contribution in [1.82, 2.24) is 0 Å². The molecule has 1 unspecified atom stereocenters. The number of hydrogen-bond donors (Lipinski definition) is 1. The Bertz CT molecular complexity index is 557. The highest BCUT2D eigenvalue weighted by atomic mass is 79.9. The molecule has 0 spiro atoms. The minimum absolute atomic E-state index is 0.00662. The number of rotatable bonds is 2. The van der Waals surface area contributed by atoms with Crippen molar-refractivity contribution in [3.8, 4) is 5.75 Å². The van der Waals surface area contributed by atoms with Crippen LogP contribution in [0.15, 0.2) is 27.7 Å². The van der Waals surface area contributed by atoms with Crippen LogP contribution >= 0.6 is 15.9 Å². The molecule has 8 heteroatoms. The summed E-state index contributed by atoms with van der Waals surface area (Å²) in [6.07, 6.45) is -7.22. The number of hydrogen-bond acceptors (Lipinski definition) is 4. The Morgan fingerprint density at radius 1 is 1.42 bits per heavy atom. The molecule has 0 fully saturated rings. The summed E-state index contributed by atoms with van der Waals surface area (Å²) < 4.78 is 41.5. The molecular weight excluding hydrogens is 331 g/mol. The van der Waals surface area contributed by atoms with E-state index in [0.29, 0.717) is 10.0 Å². The van der Waals surface area contributed by atoms with E-state index in [0.717, 1.165) is 0 Å². The van der Waals surface area contributed by atoms with Crippen molar-refractivity contribution in [3.05, 3.63) is 28.2 Å². The van der Waals surface area contributed by atoms with Crippen LogP contribution in [-0.4, -0.2) is 29.2 Å². The number of phenols is 1. The van der Waals surface area contributed by atoms with Gasteiger partial charge in [0.2, 0.25) is 0 Å². The highest BCUT2D eigenvalue weighted by Gasteiger charge is 2.47. The van der Waals surface area contributed by atoms with E-state index in [9.17, 15) is 23.1 Å². The SMILES string of the molecule is O=C1OC(C(F)(F)F)N=C1Cc1ccc(O)c(Br)c1.